The summed E-state index contributed by atoms with van der Waals surface area (Å²) in [5.74, 6) is 0. The molecule has 82 valence electrons. The minimum atomic E-state index is -1.18. The van der Waals surface area contributed by atoms with Gasteiger partial charge in [0.1, 0.15) is 5.67 Å². The summed E-state index contributed by atoms with van der Waals surface area (Å²) in [5, 5.41) is 0.537. The smallest absolute Gasteiger partial charge is 0.116 e. The summed E-state index contributed by atoms with van der Waals surface area (Å²) in [6.07, 6.45) is 5.27. The van der Waals surface area contributed by atoms with Crippen LogP contribution in [0.25, 0.3) is 0 Å². The Morgan fingerprint density at radius 3 is 3.07 bits per heavy atom. The summed E-state index contributed by atoms with van der Waals surface area (Å²) in [5.41, 5.74) is 5.36. The van der Waals surface area contributed by atoms with E-state index in [9.17, 15) is 4.39 Å². The second-order valence-corrected chi connectivity index (χ2v) is 4.70. The van der Waals surface area contributed by atoms with E-state index in [-0.39, 0.29) is 6.04 Å². The van der Waals surface area contributed by atoms with Gasteiger partial charge in [0.2, 0.25) is 0 Å². The molecule has 1 aromatic heterocycles. The molecule has 1 heterocycles. The minimum absolute atomic E-state index is 0.00406. The summed E-state index contributed by atoms with van der Waals surface area (Å²) in [6, 6.07) is 1.77. The zero-order valence-electron chi connectivity index (χ0n) is 8.42. The Balaban J connectivity index is 2.12. The minimum Gasteiger partial charge on any atom is -0.328 e. The first-order valence-electron chi connectivity index (χ1n) is 5.12. The van der Waals surface area contributed by atoms with Crippen LogP contribution < -0.4 is 5.73 Å². The fourth-order valence-electron chi connectivity index (χ4n) is 2.17. The average Bonchev–Trinajstić information content (AvgIpc) is 2.51. The molecule has 1 fully saturated rings. The predicted molar refractivity (Wildman–Crippen MR) is 58.6 cm³/mol. The first kappa shape index (κ1) is 10.8. The molecule has 1 saturated carbocycles. The Morgan fingerprint density at radius 1 is 1.67 bits per heavy atom. The van der Waals surface area contributed by atoms with Gasteiger partial charge in [-0.3, -0.25) is 4.98 Å². The number of halogens is 2. The molecule has 0 aliphatic heterocycles. The van der Waals surface area contributed by atoms with Crippen LogP contribution in [-0.4, -0.2) is 16.7 Å². The molecule has 2 atom stereocenters. The molecule has 2 unspecified atom stereocenters. The first-order chi connectivity index (χ1) is 7.09. The molecule has 2 N–H and O–H groups in total. The predicted octanol–water partition coefficient (Wildman–Crippen LogP) is 2.50. The fourth-order valence-corrected chi connectivity index (χ4v) is 2.35. The number of rotatable bonds is 2. The molecule has 1 aliphatic rings. The second kappa shape index (κ2) is 4.06. The molecule has 4 heteroatoms. The molecule has 0 spiro atoms. The normalized spacial score (nSPS) is 30.7. The standard InChI is InChI=1S/C11H14ClFN2/c12-10-7-15-4-2-8(10)5-11(13)3-1-9(14)6-11/h2,4,7,9H,1,3,5-6,14H2. The third-order valence-electron chi connectivity index (χ3n) is 2.95. The number of nitrogens with zero attached hydrogens (tertiary/aromatic N) is 1. The number of nitrogens with two attached hydrogens (primary N) is 1. The van der Waals surface area contributed by atoms with E-state index in [1.54, 1.807) is 18.5 Å². The summed E-state index contributed by atoms with van der Waals surface area (Å²) in [6.45, 7) is 0. The van der Waals surface area contributed by atoms with Crippen molar-refractivity contribution in [2.24, 2.45) is 5.73 Å². The highest BCUT2D eigenvalue weighted by atomic mass is 35.5. The Bertz CT molecular complexity index is 358. The van der Waals surface area contributed by atoms with Gasteiger partial charge in [-0.25, -0.2) is 4.39 Å². The maximum absolute atomic E-state index is 14.3. The molecule has 0 aromatic carbocycles. The van der Waals surface area contributed by atoms with E-state index >= 15 is 0 Å². The highest BCUT2D eigenvalue weighted by molar-refractivity contribution is 6.31. The van der Waals surface area contributed by atoms with Crippen LogP contribution in [0.3, 0.4) is 0 Å². The van der Waals surface area contributed by atoms with Crippen molar-refractivity contribution in [1.82, 2.24) is 4.98 Å². The molecule has 2 rings (SSSR count). The maximum atomic E-state index is 14.3. The highest BCUT2D eigenvalue weighted by Gasteiger charge is 2.38. The van der Waals surface area contributed by atoms with Crippen molar-refractivity contribution in [3.63, 3.8) is 0 Å². The van der Waals surface area contributed by atoms with Crippen LogP contribution in [-0.2, 0) is 6.42 Å². The van der Waals surface area contributed by atoms with Gasteiger partial charge >= 0.3 is 0 Å². The van der Waals surface area contributed by atoms with E-state index < -0.39 is 5.67 Å². The lowest BCUT2D eigenvalue weighted by Gasteiger charge is -2.19. The van der Waals surface area contributed by atoms with Crippen LogP contribution in [0, 0.1) is 0 Å². The van der Waals surface area contributed by atoms with Gasteiger partial charge in [0.25, 0.3) is 0 Å². The van der Waals surface area contributed by atoms with E-state index in [1.165, 1.54) is 0 Å². The van der Waals surface area contributed by atoms with Crippen LogP contribution in [0.5, 0.6) is 0 Å². The molecule has 0 radical (unpaired) electrons. The van der Waals surface area contributed by atoms with E-state index in [0.29, 0.717) is 24.3 Å². The Kier molecular flexibility index (Phi) is 2.94. The van der Waals surface area contributed by atoms with Crippen LogP contribution in [0.1, 0.15) is 24.8 Å². The van der Waals surface area contributed by atoms with Gasteiger partial charge in [0, 0.05) is 24.9 Å². The summed E-state index contributed by atoms with van der Waals surface area (Å²) in [4.78, 5) is 3.88. The number of alkyl halides is 1. The SMILES string of the molecule is NC1CCC(F)(Cc2ccncc2Cl)C1. The quantitative estimate of drug-likeness (QED) is 0.845. The van der Waals surface area contributed by atoms with Crippen LogP contribution in [0.4, 0.5) is 4.39 Å². The third-order valence-corrected chi connectivity index (χ3v) is 3.30. The van der Waals surface area contributed by atoms with Crippen LogP contribution in [0.15, 0.2) is 18.5 Å². The number of hydrogen-bond acceptors (Lipinski definition) is 2. The highest BCUT2D eigenvalue weighted by Crippen LogP contribution is 2.36. The lowest BCUT2D eigenvalue weighted by Crippen LogP contribution is -2.25. The molecule has 15 heavy (non-hydrogen) atoms. The van der Waals surface area contributed by atoms with Crippen molar-refractivity contribution < 1.29 is 4.39 Å². The second-order valence-electron chi connectivity index (χ2n) is 4.30. The Morgan fingerprint density at radius 2 is 2.47 bits per heavy atom. The topological polar surface area (TPSA) is 38.9 Å². The van der Waals surface area contributed by atoms with E-state index in [1.807, 2.05) is 0 Å². The van der Waals surface area contributed by atoms with Gasteiger partial charge < -0.3 is 5.73 Å². The number of hydrogen-bond donors (Lipinski definition) is 1. The third kappa shape index (κ3) is 2.47. The van der Waals surface area contributed by atoms with E-state index in [0.717, 1.165) is 12.0 Å². The van der Waals surface area contributed by atoms with Gasteiger partial charge in [-0.05, 0) is 30.9 Å². The first-order valence-corrected chi connectivity index (χ1v) is 5.50. The van der Waals surface area contributed by atoms with Gasteiger partial charge in [0.05, 0.1) is 5.02 Å². The van der Waals surface area contributed by atoms with Crippen molar-refractivity contribution in [3.05, 3.63) is 29.0 Å². The summed E-state index contributed by atoms with van der Waals surface area (Å²) >= 11 is 5.94. The summed E-state index contributed by atoms with van der Waals surface area (Å²) in [7, 11) is 0. The number of pyridine rings is 1. The van der Waals surface area contributed by atoms with Gasteiger partial charge in [-0.1, -0.05) is 11.6 Å². The molecule has 1 aromatic rings. The fraction of sp³-hybridized carbons (Fsp3) is 0.545. The van der Waals surface area contributed by atoms with Crippen LogP contribution in [0.2, 0.25) is 5.02 Å². The van der Waals surface area contributed by atoms with E-state index in [2.05, 4.69) is 4.98 Å². The van der Waals surface area contributed by atoms with Crippen LogP contribution >= 0.6 is 11.6 Å². The van der Waals surface area contributed by atoms with Gasteiger partial charge in [-0.15, -0.1) is 0 Å². The van der Waals surface area contributed by atoms with Gasteiger partial charge in [0.15, 0.2) is 0 Å². The Hall–Kier alpha value is -0.670. The Labute approximate surface area is 93.6 Å². The zero-order valence-corrected chi connectivity index (χ0v) is 9.17. The van der Waals surface area contributed by atoms with Crippen molar-refractivity contribution in [3.8, 4) is 0 Å². The van der Waals surface area contributed by atoms with E-state index in [4.69, 9.17) is 17.3 Å². The van der Waals surface area contributed by atoms with Crippen molar-refractivity contribution >= 4 is 11.6 Å². The van der Waals surface area contributed by atoms with Crippen molar-refractivity contribution in [2.75, 3.05) is 0 Å². The summed E-state index contributed by atoms with van der Waals surface area (Å²) < 4.78 is 14.3. The molecule has 0 amide bonds. The van der Waals surface area contributed by atoms with Crippen molar-refractivity contribution in [1.29, 1.82) is 0 Å². The number of aromatic nitrogens is 1. The average molecular weight is 229 g/mol. The molecular formula is C11H14ClFN2. The zero-order chi connectivity index (χ0) is 10.9. The molecule has 0 bridgehead atoms. The lowest BCUT2D eigenvalue weighted by molar-refractivity contribution is 0.170. The lowest BCUT2D eigenvalue weighted by atomic mass is 9.95. The van der Waals surface area contributed by atoms with Crippen molar-refractivity contribution in [2.45, 2.75) is 37.4 Å². The molecule has 2 nitrogen and oxygen atoms in total. The largest absolute Gasteiger partial charge is 0.328 e. The maximum Gasteiger partial charge on any atom is 0.116 e. The molecule has 0 saturated heterocycles. The molecular weight excluding hydrogens is 215 g/mol. The monoisotopic (exact) mass is 228 g/mol. The van der Waals surface area contributed by atoms with Gasteiger partial charge in [-0.2, -0.15) is 0 Å². The molecule has 1 aliphatic carbocycles.